The Labute approximate surface area is 86.3 Å². The average molecular weight is 286 g/mol. The van der Waals surface area contributed by atoms with Gasteiger partial charge in [0, 0.05) is 0 Å². The number of rotatable bonds is 4. The molecule has 0 aliphatic rings. The van der Waals surface area contributed by atoms with Gasteiger partial charge in [0.25, 0.3) is 0 Å². The summed E-state index contributed by atoms with van der Waals surface area (Å²) in [6, 6.07) is 0. The second-order valence-electron chi connectivity index (χ2n) is 3.33. The van der Waals surface area contributed by atoms with Crippen molar-refractivity contribution in [1.29, 1.82) is 0 Å². The predicted molar refractivity (Wildman–Crippen MR) is 55.6 cm³/mol. The summed E-state index contributed by atoms with van der Waals surface area (Å²) in [6.07, 6.45) is 1.28. The van der Waals surface area contributed by atoms with E-state index in [2.05, 4.69) is 0 Å². The highest BCUT2D eigenvalue weighted by atomic mass is 127. The molecule has 0 aliphatic carbocycles. The van der Waals surface area contributed by atoms with Crippen LogP contribution in [0.2, 0.25) is 0 Å². The summed E-state index contributed by atoms with van der Waals surface area (Å²) < 4.78 is -1.11. The Morgan fingerprint density at radius 1 is 1.50 bits per heavy atom. The quantitative estimate of drug-likeness (QED) is 0.612. The number of carboxylic acid groups (broad SMARTS) is 1. The Bertz CT molecular complexity index is 175. The molecular formula is C8H15IO3. The maximum absolute atomic E-state index is 10.8. The van der Waals surface area contributed by atoms with Crippen molar-refractivity contribution in [3.8, 4) is 0 Å². The van der Waals surface area contributed by atoms with Gasteiger partial charge in [-0.25, -0.2) is 0 Å². The third kappa shape index (κ3) is 2.32. The minimum atomic E-state index is -1.14. The van der Waals surface area contributed by atoms with Gasteiger partial charge in [-0.15, -0.1) is 0 Å². The molecule has 0 rings (SSSR count). The van der Waals surface area contributed by atoms with E-state index in [9.17, 15) is 9.90 Å². The normalized spacial score (nSPS) is 21.1. The summed E-state index contributed by atoms with van der Waals surface area (Å²) in [7, 11) is 0. The molecule has 0 saturated heterocycles. The van der Waals surface area contributed by atoms with Gasteiger partial charge < -0.3 is 10.2 Å². The molecule has 3 nitrogen and oxygen atoms in total. The summed E-state index contributed by atoms with van der Waals surface area (Å²) in [4.78, 5) is 10.8. The highest BCUT2D eigenvalue weighted by Crippen LogP contribution is 2.35. The Hall–Kier alpha value is 0.160. The summed E-state index contributed by atoms with van der Waals surface area (Å²) in [5.41, 5.74) is -1.14. The standard InChI is InChI=1S/C8H15IO3/c1-4-5-7(2,12)8(3,9)6(10)11/h12H,4-5H2,1-3H3,(H,10,11)/t7-,8-/m0/s1. The van der Waals surface area contributed by atoms with Crippen molar-refractivity contribution in [2.75, 3.05) is 0 Å². The van der Waals surface area contributed by atoms with Gasteiger partial charge in [0.15, 0.2) is 0 Å². The Morgan fingerprint density at radius 3 is 2.17 bits per heavy atom. The Morgan fingerprint density at radius 2 is 1.92 bits per heavy atom. The van der Waals surface area contributed by atoms with Crippen molar-refractivity contribution in [2.24, 2.45) is 0 Å². The van der Waals surface area contributed by atoms with Gasteiger partial charge in [-0.05, 0) is 20.3 Å². The van der Waals surface area contributed by atoms with Gasteiger partial charge in [0.2, 0.25) is 0 Å². The Balaban J connectivity index is 4.62. The summed E-state index contributed by atoms with van der Waals surface area (Å²) >= 11 is 1.78. The third-order valence-corrected chi connectivity index (χ3v) is 3.77. The van der Waals surface area contributed by atoms with Gasteiger partial charge >= 0.3 is 5.97 Å². The fourth-order valence-corrected chi connectivity index (χ4v) is 1.22. The number of halogens is 1. The largest absolute Gasteiger partial charge is 0.480 e. The van der Waals surface area contributed by atoms with E-state index in [-0.39, 0.29) is 0 Å². The number of aliphatic carboxylic acids is 1. The molecule has 0 aromatic rings. The second-order valence-corrected chi connectivity index (χ2v) is 5.49. The van der Waals surface area contributed by atoms with Crippen molar-refractivity contribution < 1.29 is 15.0 Å². The molecule has 0 amide bonds. The van der Waals surface area contributed by atoms with Gasteiger partial charge in [0.1, 0.15) is 3.42 Å². The summed E-state index contributed by atoms with van der Waals surface area (Å²) in [5.74, 6) is -0.971. The van der Waals surface area contributed by atoms with Crippen molar-refractivity contribution in [2.45, 2.75) is 42.6 Å². The molecule has 12 heavy (non-hydrogen) atoms. The first kappa shape index (κ1) is 12.2. The molecule has 0 aliphatic heterocycles. The molecule has 0 fully saturated rings. The van der Waals surface area contributed by atoms with Crippen LogP contribution in [0, 0.1) is 0 Å². The number of carboxylic acids is 1. The molecule has 0 radical (unpaired) electrons. The zero-order chi connectivity index (χ0) is 9.99. The van der Waals surface area contributed by atoms with Gasteiger partial charge in [0.05, 0.1) is 5.60 Å². The first-order valence-electron chi connectivity index (χ1n) is 3.90. The molecule has 2 N–H and O–H groups in total. The highest BCUT2D eigenvalue weighted by Gasteiger charge is 2.46. The van der Waals surface area contributed by atoms with E-state index >= 15 is 0 Å². The minimum Gasteiger partial charge on any atom is -0.480 e. The SMILES string of the molecule is CCC[C@](C)(O)[C@@](C)(I)C(=O)O. The van der Waals surface area contributed by atoms with Gasteiger partial charge in [-0.3, -0.25) is 4.79 Å². The third-order valence-electron chi connectivity index (χ3n) is 2.15. The molecule has 0 saturated carbocycles. The zero-order valence-corrected chi connectivity index (χ0v) is 9.75. The van der Waals surface area contributed by atoms with Crippen molar-refractivity contribution >= 4 is 28.6 Å². The van der Waals surface area contributed by atoms with Crippen LogP contribution in [0.1, 0.15) is 33.6 Å². The fourth-order valence-electron chi connectivity index (χ4n) is 0.952. The van der Waals surface area contributed by atoms with Gasteiger partial charge in [-0.2, -0.15) is 0 Å². The van der Waals surface area contributed by atoms with E-state index in [0.29, 0.717) is 6.42 Å². The number of alkyl halides is 1. The zero-order valence-electron chi connectivity index (χ0n) is 7.59. The minimum absolute atomic E-state index is 0.499. The first-order valence-corrected chi connectivity index (χ1v) is 4.98. The lowest BCUT2D eigenvalue weighted by Crippen LogP contribution is -2.50. The van der Waals surface area contributed by atoms with E-state index in [4.69, 9.17) is 5.11 Å². The highest BCUT2D eigenvalue weighted by molar-refractivity contribution is 14.1. The van der Waals surface area contributed by atoms with Crippen molar-refractivity contribution in [3.05, 3.63) is 0 Å². The van der Waals surface area contributed by atoms with E-state index < -0.39 is 15.0 Å². The van der Waals surface area contributed by atoms with Crippen LogP contribution in [-0.2, 0) is 4.79 Å². The maximum Gasteiger partial charge on any atom is 0.322 e. The molecule has 72 valence electrons. The van der Waals surface area contributed by atoms with E-state index in [1.54, 1.807) is 29.5 Å². The molecule has 0 unspecified atom stereocenters. The summed E-state index contributed by atoms with van der Waals surface area (Å²) in [6.45, 7) is 5.02. The number of hydrogen-bond donors (Lipinski definition) is 2. The van der Waals surface area contributed by atoms with Crippen LogP contribution in [0.4, 0.5) is 0 Å². The molecule has 0 aromatic heterocycles. The number of aliphatic hydroxyl groups is 1. The molecule has 2 atom stereocenters. The fraction of sp³-hybridized carbons (Fsp3) is 0.875. The molecule has 4 heteroatoms. The Kier molecular flexibility index (Phi) is 3.96. The summed E-state index contributed by atoms with van der Waals surface area (Å²) in [5, 5.41) is 18.7. The van der Waals surface area contributed by atoms with Crippen LogP contribution >= 0.6 is 22.6 Å². The monoisotopic (exact) mass is 286 g/mol. The molecule has 0 bridgehead atoms. The molecular weight excluding hydrogens is 271 g/mol. The van der Waals surface area contributed by atoms with Crippen molar-refractivity contribution in [1.82, 2.24) is 0 Å². The molecule has 0 heterocycles. The predicted octanol–water partition coefficient (Wildman–Crippen LogP) is 1.82. The van der Waals surface area contributed by atoms with E-state index in [1.165, 1.54) is 6.92 Å². The topological polar surface area (TPSA) is 57.5 Å². The first-order chi connectivity index (χ1) is 5.25. The van der Waals surface area contributed by atoms with Crippen LogP contribution in [0.15, 0.2) is 0 Å². The van der Waals surface area contributed by atoms with Crippen molar-refractivity contribution in [3.63, 3.8) is 0 Å². The molecule has 0 aromatic carbocycles. The smallest absolute Gasteiger partial charge is 0.322 e. The second kappa shape index (κ2) is 3.91. The average Bonchev–Trinajstić information content (AvgIpc) is 1.86. The lowest BCUT2D eigenvalue weighted by atomic mass is 9.87. The lowest BCUT2D eigenvalue weighted by Gasteiger charge is -2.34. The molecule has 0 spiro atoms. The number of carbonyl (C=O) groups is 1. The van der Waals surface area contributed by atoms with Crippen LogP contribution in [-0.4, -0.2) is 25.2 Å². The van der Waals surface area contributed by atoms with Crippen LogP contribution in [0.3, 0.4) is 0 Å². The number of hydrogen-bond acceptors (Lipinski definition) is 2. The van der Waals surface area contributed by atoms with Crippen LogP contribution in [0.5, 0.6) is 0 Å². The maximum atomic E-state index is 10.8. The van der Waals surface area contributed by atoms with E-state index in [0.717, 1.165) is 6.42 Å². The van der Waals surface area contributed by atoms with Crippen LogP contribution < -0.4 is 0 Å². The lowest BCUT2D eigenvalue weighted by molar-refractivity contribution is -0.145. The van der Waals surface area contributed by atoms with Gasteiger partial charge in [-0.1, -0.05) is 35.9 Å². The van der Waals surface area contributed by atoms with E-state index in [1.807, 2.05) is 6.92 Å². The van der Waals surface area contributed by atoms with Crippen LogP contribution in [0.25, 0.3) is 0 Å².